The summed E-state index contributed by atoms with van der Waals surface area (Å²) in [6, 6.07) is 0. The molecule has 0 spiro atoms. The summed E-state index contributed by atoms with van der Waals surface area (Å²) in [5.41, 5.74) is 0.712. The highest BCUT2D eigenvalue weighted by Crippen LogP contribution is 2.26. The molecule has 28 heavy (non-hydrogen) atoms. The number of amides is 1. The van der Waals surface area contributed by atoms with Gasteiger partial charge in [0, 0.05) is 13.1 Å². The predicted molar refractivity (Wildman–Crippen MR) is 118 cm³/mol. The molecule has 0 atom stereocenters. The Morgan fingerprint density at radius 1 is 1.14 bits per heavy atom. The Balaban J connectivity index is 0. The van der Waals surface area contributed by atoms with Gasteiger partial charge >= 0.3 is 12.1 Å². The molecule has 5 heteroatoms. The van der Waals surface area contributed by atoms with Gasteiger partial charge in [-0.1, -0.05) is 46.4 Å². The average molecular weight is 396 g/mol. The number of carboxylic acid groups (broad SMARTS) is 1. The summed E-state index contributed by atoms with van der Waals surface area (Å²) < 4.78 is 5.39. The maximum atomic E-state index is 12.1. The van der Waals surface area contributed by atoms with Crippen LogP contribution < -0.4 is 0 Å². The Bertz CT molecular complexity index is 533. The average Bonchev–Trinajstić information content (AvgIpc) is 2.67. The minimum atomic E-state index is -0.934. The molecule has 0 aromatic carbocycles. The van der Waals surface area contributed by atoms with Crippen LogP contribution in [0.25, 0.3) is 0 Å². The smallest absolute Gasteiger partial charge is 0.410 e. The third kappa shape index (κ3) is 11.6. The van der Waals surface area contributed by atoms with Crippen LogP contribution in [0.3, 0.4) is 0 Å². The van der Waals surface area contributed by atoms with Crippen LogP contribution in [0.2, 0.25) is 0 Å². The van der Waals surface area contributed by atoms with E-state index in [4.69, 9.17) is 9.84 Å². The number of piperidine rings is 1. The highest BCUT2D eigenvalue weighted by molar-refractivity contribution is 5.90. The van der Waals surface area contributed by atoms with Crippen LogP contribution in [0.15, 0.2) is 36.0 Å². The van der Waals surface area contributed by atoms with Crippen molar-refractivity contribution in [3.63, 3.8) is 0 Å². The van der Waals surface area contributed by atoms with E-state index in [1.54, 1.807) is 30.1 Å². The van der Waals surface area contributed by atoms with E-state index in [2.05, 4.69) is 6.58 Å². The Labute approximate surface area is 172 Å². The monoisotopic (exact) mass is 395 g/mol. The molecule has 162 valence electrons. The van der Waals surface area contributed by atoms with Crippen LogP contribution in [0.5, 0.6) is 0 Å². The van der Waals surface area contributed by atoms with E-state index >= 15 is 0 Å². The van der Waals surface area contributed by atoms with Crippen LogP contribution in [0, 0.1) is 5.92 Å². The molecule has 1 rings (SSSR count). The molecule has 0 bridgehead atoms. The van der Waals surface area contributed by atoms with Gasteiger partial charge in [-0.15, -0.1) is 0 Å². The van der Waals surface area contributed by atoms with Gasteiger partial charge in [-0.05, 0) is 64.5 Å². The van der Waals surface area contributed by atoms with Gasteiger partial charge in [0.15, 0.2) is 0 Å². The number of carbonyl (C=O) groups excluding carboxylic acids is 1. The van der Waals surface area contributed by atoms with Crippen molar-refractivity contribution >= 4 is 12.1 Å². The number of ether oxygens (including phenoxy) is 1. The number of hydrogen-bond donors (Lipinski definition) is 1. The van der Waals surface area contributed by atoms with Gasteiger partial charge in [0.1, 0.15) is 5.60 Å². The van der Waals surface area contributed by atoms with Gasteiger partial charge in [-0.2, -0.15) is 0 Å². The molecule has 1 fully saturated rings. The second-order valence-electron chi connectivity index (χ2n) is 7.09. The summed E-state index contributed by atoms with van der Waals surface area (Å²) in [5, 5.41) is 9.11. The van der Waals surface area contributed by atoms with E-state index in [-0.39, 0.29) is 11.7 Å². The van der Waals surface area contributed by atoms with Crippen LogP contribution in [-0.4, -0.2) is 40.8 Å². The standard InChI is InChI=1S/C19H29NO4.2C2H6/c1-6-14(13-16(7-2)17(21)22)12-15-8-10-20(11-9-15)18(23)24-19(3,4)5;2*1-2/h6-7,13,15H,1,8-12H2,2-5H3,(H,21,22);2*1-2H3/b14-13+,16-7+;;. The van der Waals surface area contributed by atoms with Crippen molar-refractivity contribution in [2.45, 2.75) is 80.3 Å². The minimum Gasteiger partial charge on any atom is -0.478 e. The fraction of sp³-hybridized carbons (Fsp3) is 0.652. The van der Waals surface area contributed by atoms with Crippen molar-refractivity contribution in [2.75, 3.05) is 13.1 Å². The van der Waals surface area contributed by atoms with E-state index in [9.17, 15) is 9.59 Å². The first kappa shape index (κ1) is 28.2. The first-order valence-corrected chi connectivity index (χ1v) is 10.4. The summed E-state index contributed by atoms with van der Waals surface area (Å²) >= 11 is 0. The topological polar surface area (TPSA) is 66.8 Å². The lowest BCUT2D eigenvalue weighted by Crippen LogP contribution is -2.41. The summed E-state index contributed by atoms with van der Waals surface area (Å²) in [5.74, 6) is -0.517. The van der Waals surface area contributed by atoms with Crippen LogP contribution in [-0.2, 0) is 9.53 Å². The number of allylic oxidation sites excluding steroid dienone is 3. The molecule has 0 radical (unpaired) electrons. The lowest BCUT2D eigenvalue weighted by molar-refractivity contribution is -0.132. The molecule has 0 aromatic heterocycles. The molecular weight excluding hydrogens is 354 g/mol. The lowest BCUT2D eigenvalue weighted by Gasteiger charge is -2.33. The van der Waals surface area contributed by atoms with E-state index < -0.39 is 11.6 Å². The zero-order chi connectivity index (χ0) is 22.3. The van der Waals surface area contributed by atoms with Gasteiger partial charge in [0.2, 0.25) is 0 Å². The summed E-state index contributed by atoms with van der Waals surface area (Å²) in [7, 11) is 0. The lowest BCUT2D eigenvalue weighted by atomic mass is 9.89. The number of aliphatic carboxylic acids is 1. The second kappa shape index (κ2) is 14.9. The number of rotatable bonds is 5. The molecule has 0 aromatic rings. The number of nitrogens with zero attached hydrogens (tertiary/aromatic N) is 1. The Morgan fingerprint density at radius 2 is 1.64 bits per heavy atom. The van der Waals surface area contributed by atoms with Gasteiger partial charge < -0.3 is 14.7 Å². The Kier molecular flexibility index (Phi) is 15.0. The highest BCUT2D eigenvalue weighted by atomic mass is 16.6. The fourth-order valence-corrected chi connectivity index (χ4v) is 2.65. The fourth-order valence-electron chi connectivity index (χ4n) is 2.65. The Morgan fingerprint density at radius 3 is 2.00 bits per heavy atom. The van der Waals surface area contributed by atoms with Crippen molar-refractivity contribution in [1.29, 1.82) is 0 Å². The summed E-state index contributed by atoms with van der Waals surface area (Å²) in [6.45, 7) is 20.4. The molecule has 1 saturated heterocycles. The van der Waals surface area contributed by atoms with E-state index in [1.165, 1.54) is 0 Å². The van der Waals surface area contributed by atoms with Gasteiger partial charge in [-0.25, -0.2) is 9.59 Å². The maximum absolute atomic E-state index is 12.1. The molecule has 1 amide bonds. The molecule has 5 nitrogen and oxygen atoms in total. The molecular formula is C23H41NO4. The number of hydrogen-bond acceptors (Lipinski definition) is 3. The zero-order valence-electron chi connectivity index (χ0n) is 19.2. The molecule has 0 aliphatic carbocycles. The third-order valence-corrected chi connectivity index (χ3v) is 3.95. The first-order valence-electron chi connectivity index (χ1n) is 10.4. The SMILES string of the molecule is C=C/C(=C\C(=C/C)C(=O)O)CC1CCN(C(=O)OC(C)(C)C)CC1.CC.CC. The summed E-state index contributed by atoms with van der Waals surface area (Å²) in [6.07, 6.45) is 7.24. The first-order chi connectivity index (χ1) is 13.2. The molecule has 1 heterocycles. The van der Waals surface area contributed by atoms with E-state index in [0.717, 1.165) is 24.8 Å². The molecule has 1 aliphatic heterocycles. The number of likely N-dealkylation sites (tertiary alicyclic amines) is 1. The quantitative estimate of drug-likeness (QED) is 0.443. The zero-order valence-corrected chi connectivity index (χ0v) is 19.2. The highest BCUT2D eigenvalue weighted by Gasteiger charge is 2.27. The normalized spacial score (nSPS) is 15.5. The van der Waals surface area contributed by atoms with Crippen LogP contribution >= 0.6 is 0 Å². The largest absolute Gasteiger partial charge is 0.478 e. The van der Waals surface area contributed by atoms with Gasteiger partial charge in [0.05, 0.1) is 5.57 Å². The van der Waals surface area contributed by atoms with Gasteiger partial charge in [0.25, 0.3) is 0 Å². The second-order valence-corrected chi connectivity index (χ2v) is 7.09. The van der Waals surface area contributed by atoms with Crippen molar-refractivity contribution in [1.82, 2.24) is 4.90 Å². The molecule has 1 N–H and O–H groups in total. The third-order valence-electron chi connectivity index (χ3n) is 3.95. The molecule has 1 aliphatic rings. The van der Waals surface area contributed by atoms with E-state index in [0.29, 0.717) is 19.0 Å². The molecule has 0 saturated carbocycles. The predicted octanol–water partition coefficient (Wildman–Crippen LogP) is 6.22. The van der Waals surface area contributed by atoms with Gasteiger partial charge in [-0.3, -0.25) is 0 Å². The number of carbonyl (C=O) groups is 2. The van der Waals surface area contributed by atoms with Crippen LogP contribution in [0.4, 0.5) is 4.79 Å². The van der Waals surface area contributed by atoms with Crippen molar-refractivity contribution in [3.8, 4) is 0 Å². The van der Waals surface area contributed by atoms with Crippen LogP contribution in [0.1, 0.15) is 74.7 Å². The van der Waals surface area contributed by atoms with Crippen molar-refractivity contribution in [2.24, 2.45) is 5.92 Å². The number of carboxylic acids is 1. The van der Waals surface area contributed by atoms with Crippen molar-refractivity contribution in [3.05, 3.63) is 36.0 Å². The van der Waals surface area contributed by atoms with Crippen molar-refractivity contribution < 1.29 is 19.4 Å². The molecule has 0 unspecified atom stereocenters. The Hall–Kier alpha value is -2.04. The summed E-state index contributed by atoms with van der Waals surface area (Å²) in [4.78, 5) is 24.9. The van der Waals surface area contributed by atoms with E-state index in [1.807, 2.05) is 48.5 Å². The minimum absolute atomic E-state index is 0.262. The maximum Gasteiger partial charge on any atom is 0.410 e.